The van der Waals surface area contributed by atoms with E-state index in [4.69, 9.17) is 5.73 Å². The number of hydrogen-bond acceptors (Lipinski definition) is 2. The van der Waals surface area contributed by atoms with Gasteiger partial charge in [0.15, 0.2) is 11.6 Å². The Morgan fingerprint density at radius 3 is 2.12 bits per heavy atom. The molecule has 24 heavy (non-hydrogen) atoms. The average molecular weight is 347 g/mol. The molecule has 1 aromatic rings. The Bertz CT molecular complexity index is 685. The Morgan fingerprint density at radius 1 is 1.04 bits per heavy atom. The van der Waals surface area contributed by atoms with E-state index in [9.17, 15) is 27.1 Å². The van der Waals surface area contributed by atoms with Crippen LogP contribution < -0.4 is 5.73 Å². The van der Waals surface area contributed by atoms with Crippen molar-refractivity contribution >= 4 is 0 Å². The van der Waals surface area contributed by atoms with E-state index >= 15 is 0 Å². The van der Waals surface area contributed by atoms with E-state index in [1.165, 1.54) is 0 Å². The lowest BCUT2D eigenvalue weighted by molar-refractivity contribution is -0.192. The molecule has 2 nitrogen and oxygen atoms in total. The van der Waals surface area contributed by atoms with Crippen LogP contribution in [0.2, 0.25) is 0 Å². The van der Waals surface area contributed by atoms with Gasteiger partial charge in [-0.2, -0.15) is 13.2 Å². The van der Waals surface area contributed by atoms with E-state index in [1.54, 1.807) is 0 Å². The number of halogens is 5. The van der Waals surface area contributed by atoms with E-state index in [-0.39, 0.29) is 5.92 Å². The first kappa shape index (κ1) is 16.3. The first-order valence-corrected chi connectivity index (χ1v) is 8.11. The number of rotatable bonds is 1. The highest BCUT2D eigenvalue weighted by Gasteiger charge is 2.62. The first-order chi connectivity index (χ1) is 11.0. The van der Waals surface area contributed by atoms with Gasteiger partial charge < -0.3 is 10.8 Å². The fourth-order valence-electron chi connectivity index (χ4n) is 5.65. The number of benzene rings is 1. The third kappa shape index (κ3) is 2.07. The molecule has 3 N–H and O–H groups in total. The largest absolute Gasteiger partial charge is 0.419 e. The molecule has 4 saturated carbocycles. The molecule has 0 aliphatic heterocycles. The lowest BCUT2D eigenvalue weighted by Crippen LogP contribution is -2.65. The van der Waals surface area contributed by atoms with Crippen LogP contribution in [0, 0.1) is 29.4 Å². The van der Waals surface area contributed by atoms with Gasteiger partial charge in [0, 0.05) is 5.54 Å². The molecule has 5 rings (SSSR count). The fourth-order valence-corrected chi connectivity index (χ4v) is 5.65. The van der Waals surface area contributed by atoms with Gasteiger partial charge in [0.1, 0.15) is 5.56 Å². The molecule has 0 radical (unpaired) electrons. The summed E-state index contributed by atoms with van der Waals surface area (Å²) in [6.07, 6.45) is -2.30. The molecule has 132 valence electrons. The summed E-state index contributed by atoms with van der Waals surface area (Å²) >= 11 is 0. The molecule has 2 atom stereocenters. The number of nitrogens with two attached hydrogens (primary N) is 1. The molecule has 1 aromatic carbocycles. The van der Waals surface area contributed by atoms with Crippen LogP contribution >= 0.6 is 0 Å². The van der Waals surface area contributed by atoms with Crippen molar-refractivity contribution in [3.05, 3.63) is 34.9 Å². The number of aliphatic hydroxyl groups is 1. The maximum Gasteiger partial charge on any atom is 0.419 e. The molecule has 0 aromatic heterocycles. The molecule has 7 heteroatoms. The summed E-state index contributed by atoms with van der Waals surface area (Å²) in [5.41, 5.74) is 1.85. The molecule has 4 aliphatic rings. The Balaban J connectivity index is 1.89. The zero-order chi connectivity index (χ0) is 17.5. The minimum atomic E-state index is -5.08. The highest BCUT2D eigenvalue weighted by molar-refractivity contribution is 5.39. The van der Waals surface area contributed by atoms with Gasteiger partial charge in [-0.25, -0.2) is 8.78 Å². The van der Waals surface area contributed by atoms with E-state index in [0.717, 1.165) is 12.5 Å². The van der Waals surface area contributed by atoms with Crippen molar-refractivity contribution in [1.82, 2.24) is 0 Å². The van der Waals surface area contributed by atoms with E-state index in [0.29, 0.717) is 31.7 Å². The van der Waals surface area contributed by atoms with Crippen LogP contribution in [0.4, 0.5) is 22.0 Å². The lowest BCUT2D eigenvalue weighted by atomic mass is 9.46. The van der Waals surface area contributed by atoms with Gasteiger partial charge in [0.2, 0.25) is 0 Å². The van der Waals surface area contributed by atoms with Gasteiger partial charge in [-0.15, -0.1) is 0 Å². The third-order valence-electron chi connectivity index (χ3n) is 6.29. The maximum absolute atomic E-state index is 14.0. The molecule has 4 bridgehead atoms. The summed E-state index contributed by atoms with van der Waals surface area (Å²) in [7, 11) is 0. The second kappa shape index (κ2) is 4.69. The van der Waals surface area contributed by atoms with Crippen molar-refractivity contribution in [2.24, 2.45) is 23.5 Å². The van der Waals surface area contributed by atoms with Crippen molar-refractivity contribution in [3.8, 4) is 0 Å². The van der Waals surface area contributed by atoms with Crippen molar-refractivity contribution in [2.75, 3.05) is 0 Å². The summed E-state index contributed by atoms with van der Waals surface area (Å²) in [5, 5.41) is 11.3. The SMILES string of the molecule is NC12CC3CC(C1)C(O)(c1ccc(F)c(F)c1C(F)(F)F)C(C3)C2. The smallest absolute Gasteiger partial charge is 0.385 e. The molecule has 4 fully saturated rings. The first-order valence-electron chi connectivity index (χ1n) is 8.11. The molecular weight excluding hydrogens is 329 g/mol. The van der Waals surface area contributed by atoms with Crippen LogP contribution in [0.3, 0.4) is 0 Å². The normalized spacial score (nSPS) is 41.0. The van der Waals surface area contributed by atoms with E-state index in [2.05, 4.69) is 0 Å². The predicted molar refractivity (Wildman–Crippen MR) is 75.7 cm³/mol. The summed E-state index contributed by atoms with van der Waals surface area (Å²) < 4.78 is 67.6. The molecular formula is C17H18F5NO. The summed E-state index contributed by atoms with van der Waals surface area (Å²) in [5.74, 6) is -4.13. The van der Waals surface area contributed by atoms with Crippen molar-refractivity contribution in [1.29, 1.82) is 0 Å². The van der Waals surface area contributed by atoms with Crippen LogP contribution in [0.5, 0.6) is 0 Å². The van der Waals surface area contributed by atoms with E-state index in [1.807, 2.05) is 0 Å². The van der Waals surface area contributed by atoms with Crippen molar-refractivity contribution < 1.29 is 27.1 Å². The molecule has 0 saturated heterocycles. The molecule has 0 spiro atoms. The third-order valence-corrected chi connectivity index (χ3v) is 6.29. The number of alkyl halides is 3. The van der Waals surface area contributed by atoms with Gasteiger partial charge in [0.05, 0.1) is 5.60 Å². The van der Waals surface area contributed by atoms with Gasteiger partial charge in [0.25, 0.3) is 0 Å². The van der Waals surface area contributed by atoms with Crippen LogP contribution in [0.25, 0.3) is 0 Å². The Hall–Kier alpha value is -1.21. The molecule has 0 amide bonds. The van der Waals surface area contributed by atoms with Gasteiger partial charge in [-0.05, 0) is 61.5 Å². The monoisotopic (exact) mass is 347 g/mol. The van der Waals surface area contributed by atoms with Crippen molar-refractivity contribution in [2.45, 2.75) is 49.4 Å². The lowest BCUT2D eigenvalue weighted by Gasteiger charge is -2.62. The van der Waals surface area contributed by atoms with Crippen molar-refractivity contribution in [3.63, 3.8) is 0 Å². The Labute approximate surface area is 135 Å². The van der Waals surface area contributed by atoms with Gasteiger partial charge in [-0.3, -0.25) is 0 Å². The quantitative estimate of drug-likeness (QED) is 0.761. The second-order valence-electron chi connectivity index (χ2n) is 7.81. The van der Waals surface area contributed by atoms with Crippen LogP contribution in [0.15, 0.2) is 12.1 Å². The standard InChI is InChI=1S/C17H18F5NO/c18-12-2-1-11(13(14(12)19)17(20,21)22)16(24)9-3-8-4-10(16)7-15(23,5-8)6-9/h1-2,8-10,24H,3-7,23H2. The highest BCUT2D eigenvalue weighted by Crippen LogP contribution is 2.63. The predicted octanol–water partition coefficient (Wildman–Crippen LogP) is 3.71. The van der Waals surface area contributed by atoms with Gasteiger partial charge in [-0.1, -0.05) is 6.07 Å². The van der Waals surface area contributed by atoms with Gasteiger partial charge >= 0.3 is 6.18 Å². The second-order valence-corrected chi connectivity index (χ2v) is 7.81. The van der Waals surface area contributed by atoms with Crippen LogP contribution in [-0.4, -0.2) is 10.6 Å². The number of hydrogen-bond donors (Lipinski definition) is 2. The summed E-state index contributed by atoms with van der Waals surface area (Å²) in [6, 6.07) is 1.56. The molecule has 0 heterocycles. The summed E-state index contributed by atoms with van der Waals surface area (Å²) in [4.78, 5) is 0. The average Bonchev–Trinajstić information content (AvgIpc) is 2.44. The zero-order valence-corrected chi connectivity index (χ0v) is 12.8. The highest BCUT2D eigenvalue weighted by atomic mass is 19.4. The minimum absolute atomic E-state index is 0.285. The fraction of sp³-hybridized carbons (Fsp3) is 0.647. The Morgan fingerprint density at radius 2 is 1.62 bits per heavy atom. The molecule has 4 aliphatic carbocycles. The van der Waals surface area contributed by atoms with E-state index < -0.39 is 51.9 Å². The zero-order valence-electron chi connectivity index (χ0n) is 12.8. The minimum Gasteiger partial charge on any atom is -0.385 e. The van der Waals surface area contributed by atoms with Crippen LogP contribution in [-0.2, 0) is 11.8 Å². The van der Waals surface area contributed by atoms with Crippen LogP contribution in [0.1, 0.15) is 43.2 Å². The Kier molecular flexibility index (Phi) is 3.18. The maximum atomic E-state index is 14.0. The molecule has 2 unspecified atom stereocenters. The topological polar surface area (TPSA) is 46.2 Å². The summed E-state index contributed by atoms with van der Waals surface area (Å²) in [6.45, 7) is 0.